The van der Waals surface area contributed by atoms with E-state index < -0.39 is 0 Å². The fraction of sp³-hybridized carbons (Fsp3) is 0.176. The Kier molecular flexibility index (Phi) is 3.83. The molecule has 92 valence electrons. The van der Waals surface area contributed by atoms with Crippen LogP contribution in [0.1, 0.15) is 18.9 Å². The molecule has 0 unspecified atom stereocenters. The maximum Gasteiger partial charge on any atom is 0.0931 e. The summed E-state index contributed by atoms with van der Waals surface area (Å²) in [7, 11) is 0. The van der Waals surface area contributed by atoms with Gasteiger partial charge in [-0.05, 0) is 34.9 Å². The number of benzene rings is 2. The van der Waals surface area contributed by atoms with E-state index in [0.29, 0.717) is 13.0 Å². The van der Waals surface area contributed by atoms with E-state index in [-0.39, 0.29) is 0 Å². The van der Waals surface area contributed by atoms with Gasteiger partial charge in [0.2, 0.25) is 0 Å². The fourth-order valence-corrected chi connectivity index (χ4v) is 2.00. The van der Waals surface area contributed by atoms with Gasteiger partial charge in [0.05, 0.1) is 12.4 Å². The minimum Gasteiger partial charge on any atom is -0.498 e. The molecule has 1 heteroatoms. The molecule has 0 heterocycles. The molecule has 0 spiro atoms. The Morgan fingerprint density at radius 2 is 1.78 bits per heavy atom. The molecule has 0 aliphatic heterocycles. The molecule has 2 aromatic carbocycles. The third-order valence-corrected chi connectivity index (χ3v) is 2.92. The average molecular weight is 238 g/mol. The van der Waals surface area contributed by atoms with E-state index in [1.807, 2.05) is 19.1 Å². The first-order chi connectivity index (χ1) is 8.70. The molecular formula is C17H18O. The maximum absolute atomic E-state index is 5.37. The molecule has 2 rings (SSSR count). The Hall–Kier alpha value is -2.02. The number of hydrogen-bond donors (Lipinski definition) is 0. The van der Waals surface area contributed by atoms with Gasteiger partial charge in [0.1, 0.15) is 0 Å². The molecule has 0 aromatic heterocycles. The van der Waals surface area contributed by atoms with Crippen LogP contribution in [0.25, 0.3) is 16.3 Å². The molecule has 2 aromatic rings. The highest BCUT2D eigenvalue weighted by atomic mass is 16.5. The van der Waals surface area contributed by atoms with Gasteiger partial charge < -0.3 is 4.74 Å². The highest BCUT2D eigenvalue weighted by molar-refractivity contribution is 5.86. The highest BCUT2D eigenvalue weighted by Crippen LogP contribution is 2.24. The number of fused-ring (bicyclic) bond motifs is 1. The summed E-state index contributed by atoms with van der Waals surface area (Å²) in [5.41, 5.74) is 2.19. The van der Waals surface area contributed by atoms with Gasteiger partial charge in [-0.25, -0.2) is 0 Å². The van der Waals surface area contributed by atoms with Crippen molar-refractivity contribution in [1.29, 1.82) is 0 Å². The topological polar surface area (TPSA) is 9.23 Å². The van der Waals surface area contributed by atoms with Crippen LogP contribution in [0.15, 0.2) is 61.4 Å². The van der Waals surface area contributed by atoms with Gasteiger partial charge in [0, 0.05) is 6.42 Å². The van der Waals surface area contributed by atoms with Crippen molar-refractivity contribution in [3.63, 3.8) is 0 Å². The van der Waals surface area contributed by atoms with Crippen LogP contribution in [-0.2, 0) is 4.74 Å². The van der Waals surface area contributed by atoms with Crippen LogP contribution in [0, 0.1) is 0 Å². The number of ether oxygens (including phenoxy) is 1. The summed E-state index contributed by atoms with van der Waals surface area (Å²) in [4.78, 5) is 0. The van der Waals surface area contributed by atoms with Gasteiger partial charge in [0.15, 0.2) is 0 Å². The van der Waals surface area contributed by atoms with E-state index >= 15 is 0 Å². The average Bonchev–Trinajstić information content (AvgIpc) is 2.38. The van der Waals surface area contributed by atoms with Gasteiger partial charge in [-0.15, -0.1) is 0 Å². The van der Waals surface area contributed by atoms with Crippen molar-refractivity contribution in [2.45, 2.75) is 13.3 Å². The largest absolute Gasteiger partial charge is 0.498 e. The van der Waals surface area contributed by atoms with Crippen LogP contribution < -0.4 is 0 Å². The first kappa shape index (κ1) is 12.4. The van der Waals surface area contributed by atoms with Crippen LogP contribution in [-0.4, -0.2) is 6.61 Å². The summed E-state index contributed by atoms with van der Waals surface area (Å²) in [5, 5.41) is 2.48. The number of rotatable bonds is 5. The minimum atomic E-state index is 0.657. The Labute approximate surface area is 108 Å². The van der Waals surface area contributed by atoms with Gasteiger partial charge in [-0.1, -0.05) is 49.6 Å². The molecule has 0 amide bonds. The molecule has 0 fully saturated rings. The van der Waals surface area contributed by atoms with Gasteiger partial charge in [-0.3, -0.25) is 0 Å². The number of hydrogen-bond acceptors (Lipinski definition) is 1. The van der Waals surface area contributed by atoms with Crippen molar-refractivity contribution in [3.8, 4) is 0 Å². The lowest BCUT2D eigenvalue weighted by Gasteiger charge is -2.10. The van der Waals surface area contributed by atoms with E-state index in [0.717, 1.165) is 16.9 Å². The Bertz CT molecular complexity index is 581. The summed E-state index contributed by atoms with van der Waals surface area (Å²) in [6.45, 7) is 10.6. The van der Waals surface area contributed by atoms with Crippen molar-refractivity contribution in [3.05, 3.63) is 66.9 Å². The smallest absolute Gasteiger partial charge is 0.0931 e. The molecule has 0 saturated carbocycles. The molecular weight excluding hydrogens is 220 g/mol. The lowest BCUT2D eigenvalue weighted by atomic mass is 10.00. The van der Waals surface area contributed by atoms with E-state index in [2.05, 4.69) is 43.5 Å². The molecule has 0 radical (unpaired) electrons. The zero-order valence-corrected chi connectivity index (χ0v) is 10.8. The third-order valence-electron chi connectivity index (χ3n) is 2.92. The van der Waals surface area contributed by atoms with Crippen LogP contribution in [0.4, 0.5) is 0 Å². The molecule has 0 aliphatic carbocycles. The lowest BCUT2D eigenvalue weighted by Crippen LogP contribution is -1.92. The second-order valence-electron chi connectivity index (χ2n) is 4.31. The van der Waals surface area contributed by atoms with Gasteiger partial charge >= 0.3 is 0 Å². The summed E-state index contributed by atoms with van der Waals surface area (Å²) in [5.74, 6) is 0.774. The molecule has 0 saturated heterocycles. The monoisotopic (exact) mass is 238 g/mol. The summed E-state index contributed by atoms with van der Waals surface area (Å²) in [6, 6.07) is 14.7. The van der Waals surface area contributed by atoms with Crippen molar-refractivity contribution in [2.24, 2.45) is 0 Å². The lowest BCUT2D eigenvalue weighted by molar-refractivity contribution is 0.227. The predicted molar refractivity (Wildman–Crippen MR) is 78.4 cm³/mol. The molecule has 0 N–H and O–H groups in total. The standard InChI is InChI=1S/C17H18O/c1-4-18-14(3)11-13(2)16-10-9-15-7-5-6-8-17(15)12-16/h5-10,12H,2-4,11H2,1H3. The van der Waals surface area contributed by atoms with Gasteiger partial charge in [-0.2, -0.15) is 0 Å². The van der Waals surface area contributed by atoms with Gasteiger partial charge in [0.25, 0.3) is 0 Å². The zero-order valence-electron chi connectivity index (χ0n) is 10.8. The quantitative estimate of drug-likeness (QED) is 0.680. The van der Waals surface area contributed by atoms with E-state index in [1.54, 1.807) is 0 Å². The molecule has 0 aliphatic rings. The highest BCUT2D eigenvalue weighted by Gasteiger charge is 2.03. The van der Waals surface area contributed by atoms with Crippen molar-refractivity contribution < 1.29 is 4.74 Å². The van der Waals surface area contributed by atoms with Crippen molar-refractivity contribution in [1.82, 2.24) is 0 Å². The molecule has 1 nitrogen and oxygen atoms in total. The minimum absolute atomic E-state index is 0.657. The summed E-state index contributed by atoms with van der Waals surface area (Å²) < 4.78 is 5.37. The first-order valence-electron chi connectivity index (χ1n) is 6.18. The Morgan fingerprint density at radius 3 is 2.50 bits per heavy atom. The summed E-state index contributed by atoms with van der Waals surface area (Å²) in [6.07, 6.45) is 0.687. The summed E-state index contributed by atoms with van der Waals surface area (Å²) >= 11 is 0. The second kappa shape index (κ2) is 5.54. The van der Waals surface area contributed by atoms with Crippen molar-refractivity contribution >= 4 is 16.3 Å². The van der Waals surface area contributed by atoms with E-state index in [9.17, 15) is 0 Å². The van der Waals surface area contributed by atoms with Crippen LogP contribution >= 0.6 is 0 Å². The molecule has 0 bridgehead atoms. The molecule has 0 atom stereocenters. The predicted octanol–water partition coefficient (Wildman–Crippen LogP) is 4.79. The van der Waals surface area contributed by atoms with Crippen molar-refractivity contribution in [2.75, 3.05) is 6.61 Å². The SMILES string of the molecule is C=C(CC(=C)c1ccc2ccccc2c1)OCC. The third kappa shape index (κ3) is 2.80. The zero-order chi connectivity index (χ0) is 13.0. The molecule has 18 heavy (non-hydrogen) atoms. The van der Waals surface area contributed by atoms with Crippen LogP contribution in [0.5, 0.6) is 0 Å². The number of allylic oxidation sites excluding steroid dienone is 1. The van der Waals surface area contributed by atoms with Crippen LogP contribution in [0.3, 0.4) is 0 Å². The normalized spacial score (nSPS) is 10.3. The Balaban J connectivity index is 2.20. The van der Waals surface area contributed by atoms with Crippen LogP contribution in [0.2, 0.25) is 0 Å². The van der Waals surface area contributed by atoms with E-state index in [4.69, 9.17) is 4.74 Å². The fourth-order valence-electron chi connectivity index (χ4n) is 2.00. The maximum atomic E-state index is 5.37. The van der Waals surface area contributed by atoms with E-state index in [1.165, 1.54) is 10.8 Å². The first-order valence-corrected chi connectivity index (χ1v) is 6.18. The Morgan fingerprint density at radius 1 is 1.06 bits per heavy atom. The second-order valence-corrected chi connectivity index (χ2v) is 4.31.